The van der Waals surface area contributed by atoms with E-state index in [1.54, 1.807) is 6.07 Å². The summed E-state index contributed by atoms with van der Waals surface area (Å²) in [5.41, 5.74) is 0.0240. The van der Waals surface area contributed by atoms with E-state index >= 15 is 0 Å². The highest BCUT2D eigenvalue weighted by Crippen LogP contribution is 2.30. The van der Waals surface area contributed by atoms with E-state index < -0.39 is 28.4 Å². The van der Waals surface area contributed by atoms with Gasteiger partial charge < -0.3 is 10.1 Å². The summed E-state index contributed by atoms with van der Waals surface area (Å²) >= 11 is 9.29. The zero-order valence-corrected chi connectivity index (χ0v) is 18.5. The van der Waals surface area contributed by atoms with Gasteiger partial charge in [0.25, 0.3) is 5.91 Å². The van der Waals surface area contributed by atoms with Gasteiger partial charge >= 0.3 is 0 Å². The fourth-order valence-corrected chi connectivity index (χ4v) is 5.11. The lowest BCUT2D eigenvalue weighted by atomic mass is 10.2. The van der Waals surface area contributed by atoms with Gasteiger partial charge in [-0.2, -0.15) is 4.31 Å². The van der Waals surface area contributed by atoms with E-state index in [1.165, 1.54) is 34.6 Å². The Morgan fingerprint density at radius 3 is 2.55 bits per heavy atom. The number of benzene rings is 2. The summed E-state index contributed by atoms with van der Waals surface area (Å²) < 4.78 is 46.5. The Bertz CT molecular complexity index is 1010. The second-order valence-electron chi connectivity index (χ2n) is 6.52. The summed E-state index contributed by atoms with van der Waals surface area (Å²) in [5.74, 6) is -0.999. The molecule has 2 aromatic carbocycles. The fraction of sp³-hybridized carbons (Fsp3) is 0.316. The summed E-state index contributed by atoms with van der Waals surface area (Å²) in [4.78, 5) is 12.1. The third-order valence-electron chi connectivity index (χ3n) is 4.42. The predicted octanol–water partition coefficient (Wildman–Crippen LogP) is 4.43. The lowest BCUT2D eigenvalue weighted by Crippen LogP contribution is -2.35. The molecule has 0 aromatic heterocycles. The van der Waals surface area contributed by atoms with Gasteiger partial charge in [-0.25, -0.2) is 12.8 Å². The van der Waals surface area contributed by atoms with Gasteiger partial charge in [-0.1, -0.05) is 34.0 Å². The maximum Gasteiger partial charge on any atom is 0.262 e. The van der Waals surface area contributed by atoms with Crippen molar-refractivity contribution in [1.29, 1.82) is 0 Å². The number of piperidine rings is 1. The van der Waals surface area contributed by atoms with E-state index in [0.29, 0.717) is 17.6 Å². The van der Waals surface area contributed by atoms with Crippen LogP contribution in [-0.2, 0) is 14.8 Å². The van der Waals surface area contributed by atoms with E-state index in [2.05, 4.69) is 21.2 Å². The Kier molecular flexibility index (Phi) is 7.15. The average Bonchev–Trinajstić information content (AvgIpc) is 2.70. The minimum Gasteiger partial charge on any atom is -0.482 e. The Morgan fingerprint density at radius 2 is 1.90 bits per heavy atom. The molecule has 1 saturated heterocycles. The van der Waals surface area contributed by atoms with Gasteiger partial charge in [0.1, 0.15) is 11.6 Å². The van der Waals surface area contributed by atoms with Gasteiger partial charge in [0.2, 0.25) is 10.0 Å². The number of halogens is 3. The molecule has 6 nitrogen and oxygen atoms in total. The molecular weight excluding hydrogens is 487 g/mol. The highest BCUT2D eigenvalue weighted by atomic mass is 79.9. The molecule has 29 heavy (non-hydrogen) atoms. The van der Waals surface area contributed by atoms with Gasteiger partial charge in [0.15, 0.2) is 6.61 Å². The molecule has 1 amide bonds. The molecular formula is C19H19BrClFN2O4S. The number of nitrogens with one attached hydrogen (secondary N) is 1. The van der Waals surface area contributed by atoms with E-state index in [1.807, 2.05) is 0 Å². The molecule has 0 saturated carbocycles. The highest BCUT2D eigenvalue weighted by molar-refractivity contribution is 9.10. The minimum absolute atomic E-state index is 0.0240. The molecule has 1 heterocycles. The van der Waals surface area contributed by atoms with Crippen LogP contribution in [0.4, 0.5) is 10.1 Å². The van der Waals surface area contributed by atoms with Crippen LogP contribution in [0.15, 0.2) is 45.8 Å². The first kappa shape index (κ1) is 22.0. The van der Waals surface area contributed by atoms with E-state index in [0.717, 1.165) is 19.3 Å². The second-order valence-corrected chi connectivity index (χ2v) is 9.78. The van der Waals surface area contributed by atoms with Gasteiger partial charge in [-0.3, -0.25) is 4.79 Å². The van der Waals surface area contributed by atoms with Crippen molar-refractivity contribution in [2.75, 3.05) is 25.0 Å². The van der Waals surface area contributed by atoms with Crippen LogP contribution in [0.5, 0.6) is 5.75 Å². The normalized spacial score (nSPS) is 15.1. The monoisotopic (exact) mass is 504 g/mol. The number of amides is 1. The summed E-state index contributed by atoms with van der Waals surface area (Å²) in [6, 6.07) is 8.37. The van der Waals surface area contributed by atoms with Crippen LogP contribution in [0.3, 0.4) is 0 Å². The average molecular weight is 506 g/mol. The number of ether oxygens (including phenoxy) is 1. The van der Waals surface area contributed by atoms with E-state index in [4.69, 9.17) is 16.3 Å². The quantitative estimate of drug-likeness (QED) is 0.630. The molecule has 1 N–H and O–H groups in total. The zero-order chi connectivity index (χ0) is 21.0. The van der Waals surface area contributed by atoms with Gasteiger partial charge in [-0.05, 0) is 49.2 Å². The van der Waals surface area contributed by atoms with Crippen molar-refractivity contribution in [1.82, 2.24) is 4.31 Å². The lowest BCUT2D eigenvalue weighted by Gasteiger charge is -2.26. The maximum atomic E-state index is 13.8. The van der Waals surface area contributed by atoms with Crippen LogP contribution in [0.2, 0.25) is 5.02 Å². The molecule has 1 aliphatic heterocycles. The summed E-state index contributed by atoms with van der Waals surface area (Å²) in [6.45, 7) is 0.573. The van der Waals surface area contributed by atoms with Crippen molar-refractivity contribution in [2.24, 2.45) is 0 Å². The Morgan fingerprint density at radius 1 is 1.17 bits per heavy atom. The molecule has 10 heteroatoms. The van der Waals surface area contributed by atoms with Crippen molar-refractivity contribution >= 4 is 49.1 Å². The van der Waals surface area contributed by atoms with Crippen molar-refractivity contribution in [2.45, 2.75) is 24.2 Å². The highest BCUT2D eigenvalue weighted by Gasteiger charge is 2.26. The number of sulfonamides is 1. The molecule has 0 spiro atoms. The number of hydrogen-bond acceptors (Lipinski definition) is 4. The number of carbonyl (C=O) groups excluding carboxylic acids is 1. The second kappa shape index (κ2) is 9.42. The summed E-state index contributed by atoms with van der Waals surface area (Å²) in [7, 11) is -3.61. The number of carbonyl (C=O) groups is 1. The smallest absolute Gasteiger partial charge is 0.262 e. The van der Waals surface area contributed by atoms with Crippen LogP contribution >= 0.6 is 27.5 Å². The largest absolute Gasteiger partial charge is 0.482 e. The van der Waals surface area contributed by atoms with Crippen molar-refractivity contribution in [3.05, 3.63) is 51.7 Å². The van der Waals surface area contributed by atoms with E-state index in [9.17, 15) is 17.6 Å². The number of nitrogens with zero attached hydrogens (tertiary/aromatic N) is 1. The Labute approximate surface area is 182 Å². The van der Waals surface area contributed by atoms with Crippen molar-refractivity contribution in [3.63, 3.8) is 0 Å². The molecule has 156 valence electrons. The minimum atomic E-state index is -3.61. The molecule has 1 fully saturated rings. The van der Waals surface area contributed by atoms with Gasteiger partial charge in [0, 0.05) is 17.6 Å². The fourth-order valence-electron chi connectivity index (χ4n) is 2.93. The number of anilines is 1. The number of hydrogen-bond donors (Lipinski definition) is 1. The van der Waals surface area contributed by atoms with Crippen LogP contribution < -0.4 is 10.1 Å². The van der Waals surface area contributed by atoms with E-state index in [-0.39, 0.29) is 21.4 Å². The topological polar surface area (TPSA) is 75.7 Å². The van der Waals surface area contributed by atoms with Crippen molar-refractivity contribution < 1.29 is 22.3 Å². The third-order valence-corrected chi connectivity index (χ3v) is 7.10. The first-order valence-electron chi connectivity index (χ1n) is 8.95. The third kappa shape index (κ3) is 5.48. The summed E-state index contributed by atoms with van der Waals surface area (Å²) in [5, 5.41) is 2.48. The first-order valence-corrected chi connectivity index (χ1v) is 11.6. The lowest BCUT2D eigenvalue weighted by molar-refractivity contribution is -0.118. The summed E-state index contributed by atoms with van der Waals surface area (Å²) in [6.07, 6.45) is 2.69. The molecule has 0 radical (unpaired) electrons. The molecule has 0 atom stereocenters. The number of rotatable bonds is 6. The molecule has 1 aliphatic rings. The Balaban J connectivity index is 1.64. The van der Waals surface area contributed by atoms with Crippen LogP contribution in [-0.4, -0.2) is 38.3 Å². The Hall–Kier alpha value is -1.68. The predicted molar refractivity (Wildman–Crippen MR) is 112 cm³/mol. The van der Waals surface area contributed by atoms with Crippen LogP contribution in [0.25, 0.3) is 0 Å². The molecule has 2 aromatic rings. The molecule has 0 bridgehead atoms. The standard InChI is InChI=1S/C19H19BrClFN2O4S/c20-13-4-6-17(16(22)10-13)23-19(25)12-28-18-7-5-14(11-15(18)21)29(26,27)24-8-2-1-3-9-24/h4-7,10-11H,1-3,8-9,12H2,(H,23,25). The van der Waals surface area contributed by atoms with Crippen molar-refractivity contribution in [3.8, 4) is 5.75 Å². The van der Waals surface area contributed by atoms with Crippen LogP contribution in [0.1, 0.15) is 19.3 Å². The zero-order valence-electron chi connectivity index (χ0n) is 15.3. The first-order chi connectivity index (χ1) is 13.8. The SMILES string of the molecule is O=C(COc1ccc(S(=O)(=O)N2CCCCC2)cc1Cl)Nc1ccc(Br)cc1F. The maximum absolute atomic E-state index is 13.8. The molecule has 3 rings (SSSR count). The van der Waals surface area contributed by atoms with Crippen LogP contribution in [0, 0.1) is 5.82 Å². The molecule has 0 aliphatic carbocycles. The van der Waals surface area contributed by atoms with Gasteiger partial charge in [-0.15, -0.1) is 0 Å². The molecule has 0 unspecified atom stereocenters. The van der Waals surface area contributed by atoms with Gasteiger partial charge in [0.05, 0.1) is 15.6 Å².